The van der Waals surface area contributed by atoms with Crippen LogP contribution in [0.1, 0.15) is 37.4 Å². The van der Waals surface area contributed by atoms with E-state index in [1.54, 1.807) is 0 Å². The van der Waals surface area contributed by atoms with Crippen LogP contribution >= 0.6 is 0 Å². The van der Waals surface area contributed by atoms with Crippen molar-refractivity contribution in [2.75, 3.05) is 37.8 Å². The van der Waals surface area contributed by atoms with Crippen LogP contribution in [0.5, 0.6) is 0 Å². The second-order valence-corrected chi connectivity index (χ2v) is 6.67. The molecule has 2 N–H and O–H groups in total. The summed E-state index contributed by atoms with van der Waals surface area (Å²) in [5.41, 5.74) is 3.28. The molecule has 2 rings (SSSR count). The molecule has 5 nitrogen and oxygen atoms in total. The van der Waals surface area contributed by atoms with Crippen molar-refractivity contribution < 1.29 is 0 Å². The molecule has 0 aliphatic rings. The van der Waals surface area contributed by atoms with Gasteiger partial charge in [-0.3, -0.25) is 0 Å². The molecule has 1 heterocycles. The Hall–Kier alpha value is -2.14. The molecule has 0 atom stereocenters. The average molecular weight is 327 g/mol. The van der Waals surface area contributed by atoms with Crippen LogP contribution in [-0.2, 0) is 0 Å². The molecule has 0 amide bonds. The van der Waals surface area contributed by atoms with Gasteiger partial charge in [0.15, 0.2) is 0 Å². The summed E-state index contributed by atoms with van der Waals surface area (Å²) in [4.78, 5) is 11.3. The lowest BCUT2D eigenvalue weighted by Gasteiger charge is -2.15. The van der Waals surface area contributed by atoms with Gasteiger partial charge < -0.3 is 15.5 Å². The maximum atomic E-state index is 4.60. The summed E-state index contributed by atoms with van der Waals surface area (Å²) in [6.45, 7) is 8.33. The molecule has 130 valence electrons. The number of aromatic nitrogens is 2. The Kier molecular flexibility index (Phi) is 6.55. The van der Waals surface area contributed by atoms with Crippen molar-refractivity contribution in [2.45, 2.75) is 33.1 Å². The van der Waals surface area contributed by atoms with Crippen molar-refractivity contribution in [2.24, 2.45) is 0 Å². The molecular formula is C19H29N5. The first-order chi connectivity index (χ1) is 11.5. The van der Waals surface area contributed by atoms with Crippen molar-refractivity contribution in [3.63, 3.8) is 0 Å². The number of rotatable bonds is 8. The standard InChI is InChI=1S/C19H29N5/c1-14(2)16-9-6-7-10-17(16)22-19-21-15(3)13-18(23-19)20-11-8-12-24(4)5/h6-7,9-10,13-14H,8,11-12H2,1-5H3,(H2,20,21,22,23). The van der Waals surface area contributed by atoms with Gasteiger partial charge in [-0.15, -0.1) is 0 Å². The Morgan fingerprint density at radius 2 is 1.88 bits per heavy atom. The summed E-state index contributed by atoms with van der Waals surface area (Å²) >= 11 is 0. The van der Waals surface area contributed by atoms with E-state index >= 15 is 0 Å². The van der Waals surface area contributed by atoms with Gasteiger partial charge in [-0.2, -0.15) is 4.98 Å². The monoisotopic (exact) mass is 327 g/mol. The molecule has 0 aliphatic carbocycles. The second-order valence-electron chi connectivity index (χ2n) is 6.67. The number of hydrogen-bond acceptors (Lipinski definition) is 5. The number of benzene rings is 1. The number of hydrogen-bond donors (Lipinski definition) is 2. The van der Waals surface area contributed by atoms with E-state index in [4.69, 9.17) is 0 Å². The first-order valence-electron chi connectivity index (χ1n) is 8.56. The summed E-state index contributed by atoms with van der Waals surface area (Å²) in [5.74, 6) is 1.95. The van der Waals surface area contributed by atoms with Crippen LogP contribution in [0.15, 0.2) is 30.3 Å². The van der Waals surface area contributed by atoms with Gasteiger partial charge in [0.2, 0.25) is 5.95 Å². The predicted molar refractivity (Wildman–Crippen MR) is 102 cm³/mol. The summed E-state index contributed by atoms with van der Waals surface area (Å²) in [5, 5.41) is 6.76. The molecular weight excluding hydrogens is 298 g/mol. The lowest BCUT2D eigenvalue weighted by Crippen LogP contribution is -2.17. The molecule has 24 heavy (non-hydrogen) atoms. The summed E-state index contributed by atoms with van der Waals surface area (Å²) < 4.78 is 0. The first-order valence-corrected chi connectivity index (χ1v) is 8.56. The normalized spacial score (nSPS) is 11.1. The summed E-state index contributed by atoms with van der Waals surface area (Å²) in [6, 6.07) is 10.3. The molecule has 1 aromatic carbocycles. The smallest absolute Gasteiger partial charge is 0.229 e. The van der Waals surface area contributed by atoms with Crippen molar-refractivity contribution in [1.82, 2.24) is 14.9 Å². The maximum absolute atomic E-state index is 4.60. The third kappa shape index (κ3) is 5.49. The molecule has 0 radical (unpaired) electrons. The molecule has 2 aromatic rings. The van der Waals surface area contributed by atoms with Gasteiger partial charge in [0.1, 0.15) is 5.82 Å². The van der Waals surface area contributed by atoms with Crippen LogP contribution in [0.4, 0.5) is 17.5 Å². The fourth-order valence-electron chi connectivity index (χ4n) is 2.56. The van der Waals surface area contributed by atoms with E-state index < -0.39 is 0 Å². The molecule has 0 fully saturated rings. The number of aryl methyl sites for hydroxylation is 1. The van der Waals surface area contributed by atoms with Gasteiger partial charge in [0.05, 0.1) is 0 Å². The Morgan fingerprint density at radius 3 is 2.58 bits per heavy atom. The van der Waals surface area contributed by atoms with Gasteiger partial charge in [0, 0.05) is 24.0 Å². The number of anilines is 3. The van der Waals surface area contributed by atoms with Crippen LogP contribution in [0.2, 0.25) is 0 Å². The van der Waals surface area contributed by atoms with Gasteiger partial charge in [-0.05, 0) is 51.5 Å². The number of nitrogens with zero attached hydrogens (tertiary/aromatic N) is 3. The van der Waals surface area contributed by atoms with Crippen LogP contribution in [0.25, 0.3) is 0 Å². The Morgan fingerprint density at radius 1 is 1.12 bits per heavy atom. The van der Waals surface area contributed by atoms with Gasteiger partial charge >= 0.3 is 0 Å². The Labute approximate surface area is 145 Å². The molecule has 0 spiro atoms. The van der Waals surface area contributed by atoms with E-state index in [-0.39, 0.29) is 0 Å². The quantitative estimate of drug-likeness (QED) is 0.717. The highest BCUT2D eigenvalue weighted by atomic mass is 15.1. The van der Waals surface area contributed by atoms with Crippen molar-refractivity contribution >= 4 is 17.5 Å². The average Bonchev–Trinajstić information content (AvgIpc) is 2.51. The summed E-state index contributed by atoms with van der Waals surface area (Å²) in [7, 11) is 4.17. The van der Waals surface area contributed by atoms with E-state index in [9.17, 15) is 0 Å². The summed E-state index contributed by atoms with van der Waals surface area (Å²) in [6.07, 6.45) is 1.08. The van der Waals surface area contributed by atoms with Crippen LogP contribution in [-0.4, -0.2) is 42.1 Å². The third-order valence-electron chi connectivity index (χ3n) is 3.77. The Balaban J connectivity index is 2.08. The lowest BCUT2D eigenvalue weighted by molar-refractivity contribution is 0.405. The maximum Gasteiger partial charge on any atom is 0.229 e. The van der Waals surface area contributed by atoms with Crippen LogP contribution in [0, 0.1) is 6.92 Å². The number of nitrogens with one attached hydrogen (secondary N) is 2. The minimum atomic E-state index is 0.446. The zero-order chi connectivity index (χ0) is 17.5. The van der Waals surface area contributed by atoms with E-state index in [0.717, 1.165) is 36.7 Å². The molecule has 5 heteroatoms. The predicted octanol–water partition coefficient (Wildman–Crippen LogP) is 4.02. The van der Waals surface area contributed by atoms with E-state index in [2.05, 4.69) is 71.6 Å². The van der Waals surface area contributed by atoms with E-state index in [1.807, 2.05) is 19.1 Å². The fourth-order valence-corrected chi connectivity index (χ4v) is 2.56. The fraction of sp³-hybridized carbons (Fsp3) is 0.474. The third-order valence-corrected chi connectivity index (χ3v) is 3.77. The van der Waals surface area contributed by atoms with Crippen LogP contribution < -0.4 is 10.6 Å². The minimum absolute atomic E-state index is 0.446. The van der Waals surface area contributed by atoms with Gasteiger partial charge in [0.25, 0.3) is 0 Å². The van der Waals surface area contributed by atoms with Crippen molar-refractivity contribution in [3.8, 4) is 0 Å². The molecule has 0 saturated carbocycles. The Bertz CT molecular complexity index is 652. The largest absolute Gasteiger partial charge is 0.370 e. The molecule has 0 unspecified atom stereocenters. The zero-order valence-corrected chi connectivity index (χ0v) is 15.4. The van der Waals surface area contributed by atoms with Crippen molar-refractivity contribution in [1.29, 1.82) is 0 Å². The highest BCUT2D eigenvalue weighted by Gasteiger charge is 2.08. The topological polar surface area (TPSA) is 53.1 Å². The van der Waals surface area contributed by atoms with Gasteiger partial charge in [-0.1, -0.05) is 32.0 Å². The van der Waals surface area contributed by atoms with E-state index in [0.29, 0.717) is 11.9 Å². The van der Waals surface area contributed by atoms with E-state index in [1.165, 1.54) is 5.56 Å². The van der Waals surface area contributed by atoms with Crippen molar-refractivity contribution in [3.05, 3.63) is 41.6 Å². The van der Waals surface area contributed by atoms with Crippen LogP contribution in [0.3, 0.4) is 0 Å². The first kappa shape index (κ1) is 18.2. The second kappa shape index (κ2) is 8.64. The minimum Gasteiger partial charge on any atom is -0.370 e. The SMILES string of the molecule is Cc1cc(NCCCN(C)C)nc(Nc2ccccc2C(C)C)n1. The molecule has 0 aliphatic heterocycles. The van der Waals surface area contributed by atoms with Gasteiger partial charge in [-0.25, -0.2) is 4.98 Å². The highest BCUT2D eigenvalue weighted by Crippen LogP contribution is 2.26. The highest BCUT2D eigenvalue weighted by molar-refractivity contribution is 5.60. The zero-order valence-electron chi connectivity index (χ0n) is 15.4. The molecule has 0 bridgehead atoms. The number of para-hydroxylation sites is 1. The molecule has 1 aromatic heterocycles. The molecule has 0 saturated heterocycles. The lowest BCUT2D eigenvalue weighted by atomic mass is 10.0.